The van der Waals surface area contributed by atoms with E-state index in [2.05, 4.69) is 10.1 Å². The minimum atomic E-state index is -2.08. The van der Waals surface area contributed by atoms with E-state index >= 15 is 0 Å². The molecule has 0 spiro atoms. The Morgan fingerprint density at radius 3 is 2.50 bits per heavy atom. The number of amides is 3. The molecule has 22 heavy (non-hydrogen) atoms. The number of methoxy groups -OCH3 is 1. The summed E-state index contributed by atoms with van der Waals surface area (Å²) in [5.41, 5.74) is -1.35. The lowest BCUT2D eigenvalue weighted by atomic mass is 9.98. The van der Waals surface area contributed by atoms with Gasteiger partial charge in [-0.1, -0.05) is 30.3 Å². The molecule has 1 aliphatic rings. The fourth-order valence-corrected chi connectivity index (χ4v) is 2.02. The average molecular weight is 306 g/mol. The van der Waals surface area contributed by atoms with E-state index in [0.29, 0.717) is 0 Å². The van der Waals surface area contributed by atoms with Gasteiger partial charge in [0.25, 0.3) is 5.91 Å². The van der Waals surface area contributed by atoms with Gasteiger partial charge in [0.2, 0.25) is 11.4 Å². The largest absolute Gasteiger partial charge is 0.467 e. The van der Waals surface area contributed by atoms with E-state index in [4.69, 9.17) is 4.74 Å². The minimum absolute atomic E-state index is 0.0422. The number of carbonyl (C=O) groups is 4. The highest BCUT2D eigenvalue weighted by atomic mass is 16.6. The van der Waals surface area contributed by atoms with Crippen molar-refractivity contribution in [1.29, 1.82) is 0 Å². The van der Waals surface area contributed by atoms with E-state index in [0.717, 1.165) is 12.7 Å². The predicted octanol–water partition coefficient (Wildman–Crippen LogP) is -0.129. The quantitative estimate of drug-likeness (QED) is 0.455. The van der Waals surface area contributed by atoms with Gasteiger partial charge < -0.3 is 9.47 Å². The van der Waals surface area contributed by atoms with Crippen molar-refractivity contribution in [1.82, 2.24) is 10.6 Å². The van der Waals surface area contributed by atoms with E-state index in [1.165, 1.54) is 0 Å². The van der Waals surface area contributed by atoms with Gasteiger partial charge in [0.05, 0.1) is 13.5 Å². The molecule has 1 heterocycles. The minimum Gasteiger partial charge on any atom is -0.467 e. The lowest BCUT2D eigenvalue weighted by Gasteiger charge is -2.23. The van der Waals surface area contributed by atoms with Crippen LogP contribution in [0.3, 0.4) is 0 Å². The topological polar surface area (TPSA) is 111 Å². The van der Waals surface area contributed by atoms with Crippen molar-refractivity contribution in [3.63, 3.8) is 0 Å². The fraction of sp³-hybridized carbons (Fsp3) is 0.286. The van der Waals surface area contributed by atoms with Crippen LogP contribution in [0.1, 0.15) is 12.0 Å². The molecular formula is C14H14N2O6. The second kappa shape index (κ2) is 6.25. The molecule has 116 valence electrons. The molecule has 1 atom stereocenters. The number of esters is 1. The van der Waals surface area contributed by atoms with Crippen LogP contribution in [0, 0.1) is 0 Å². The Kier molecular flexibility index (Phi) is 4.40. The number of benzene rings is 1. The van der Waals surface area contributed by atoms with Gasteiger partial charge in [-0.3, -0.25) is 20.2 Å². The third-order valence-corrected chi connectivity index (χ3v) is 3.13. The van der Waals surface area contributed by atoms with Crippen molar-refractivity contribution >= 4 is 23.9 Å². The van der Waals surface area contributed by atoms with E-state index < -0.39 is 35.8 Å². The van der Waals surface area contributed by atoms with Crippen LogP contribution in [0.2, 0.25) is 0 Å². The first kappa shape index (κ1) is 15.5. The zero-order valence-electron chi connectivity index (χ0n) is 11.8. The highest BCUT2D eigenvalue weighted by Crippen LogP contribution is 2.19. The third kappa shape index (κ3) is 3.05. The number of hydrogen-bond acceptors (Lipinski definition) is 6. The van der Waals surface area contributed by atoms with E-state index in [-0.39, 0.29) is 6.61 Å². The van der Waals surface area contributed by atoms with Gasteiger partial charge in [-0.2, -0.15) is 0 Å². The van der Waals surface area contributed by atoms with Crippen LogP contribution in [0.5, 0.6) is 0 Å². The normalized spacial score (nSPS) is 20.2. The number of hydrogen-bond donors (Lipinski definition) is 2. The fourth-order valence-electron chi connectivity index (χ4n) is 2.02. The molecule has 0 aliphatic carbocycles. The summed E-state index contributed by atoms with van der Waals surface area (Å²) in [6.45, 7) is -0.0422. The van der Waals surface area contributed by atoms with Crippen LogP contribution in [-0.2, 0) is 30.5 Å². The maximum atomic E-state index is 11.8. The molecule has 2 rings (SSSR count). The summed E-state index contributed by atoms with van der Waals surface area (Å²) in [6, 6.07) is 8.85. The summed E-state index contributed by atoms with van der Waals surface area (Å²) in [7, 11) is 1.05. The number of alkyl carbamates (subject to hydrolysis) is 1. The number of rotatable bonds is 4. The van der Waals surface area contributed by atoms with Gasteiger partial charge in [-0.05, 0) is 5.56 Å². The molecular weight excluding hydrogens is 292 g/mol. The molecule has 3 amide bonds. The van der Waals surface area contributed by atoms with Crippen molar-refractivity contribution < 1.29 is 28.7 Å². The van der Waals surface area contributed by atoms with Gasteiger partial charge in [0.1, 0.15) is 6.61 Å². The van der Waals surface area contributed by atoms with Gasteiger partial charge >= 0.3 is 12.1 Å². The summed E-state index contributed by atoms with van der Waals surface area (Å²) >= 11 is 0. The lowest BCUT2D eigenvalue weighted by Crippen LogP contribution is -2.59. The summed E-state index contributed by atoms with van der Waals surface area (Å²) in [4.78, 5) is 46.7. The first-order valence-corrected chi connectivity index (χ1v) is 6.39. The molecule has 1 fully saturated rings. The maximum Gasteiger partial charge on any atom is 0.408 e. The Hall–Kier alpha value is -2.90. The van der Waals surface area contributed by atoms with Crippen LogP contribution in [0.4, 0.5) is 4.79 Å². The Bertz CT molecular complexity index is 615. The first-order chi connectivity index (χ1) is 10.5. The smallest absolute Gasteiger partial charge is 0.408 e. The summed E-state index contributed by atoms with van der Waals surface area (Å²) in [5, 5.41) is 4.08. The highest BCUT2D eigenvalue weighted by Gasteiger charge is 2.55. The van der Waals surface area contributed by atoms with Crippen LogP contribution < -0.4 is 10.6 Å². The van der Waals surface area contributed by atoms with Crippen LogP contribution >= 0.6 is 0 Å². The van der Waals surface area contributed by atoms with E-state index in [1.54, 1.807) is 24.3 Å². The van der Waals surface area contributed by atoms with Gasteiger partial charge in [0.15, 0.2) is 0 Å². The van der Waals surface area contributed by atoms with Gasteiger partial charge in [-0.15, -0.1) is 0 Å². The summed E-state index contributed by atoms with van der Waals surface area (Å²) in [5.74, 6) is -2.66. The van der Waals surface area contributed by atoms with Crippen molar-refractivity contribution in [3.05, 3.63) is 35.9 Å². The van der Waals surface area contributed by atoms with Crippen molar-refractivity contribution in [3.8, 4) is 0 Å². The van der Waals surface area contributed by atoms with Crippen LogP contribution in [0.15, 0.2) is 30.3 Å². The summed E-state index contributed by atoms with van der Waals surface area (Å²) in [6.07, 6.45) is -1.53. The zero-order valence-corrected chi connectivity index (χ0v) is 11.8. The second-order valence-corrected chi connectivity index (χ2v) is 4.64. The Labute approximate surface area is 125 Å². The zero-order chi connectivity index (χ0) is 16.2. The van der Waals surface area contributed by atoms with E-state index in [1.807, 2.05) is 11.4 Å². The number of imide groups is 1. The molecule has 2 N–H and O–H groups in total. The monoisotopic (exact) mass is 306 g/mol. The van der Waals surface area contributed by atoms with E-state index in [9.17, 15) is 19.2 Å². The molecule has 1 aromatic carbocycles. The molecule has 0 saturated carbocycles. The molecule has 0 bridgehead atoms. The second-order valence-electron chi connectivity index (χ2n) is 4.64. The standard InChI is InChI=1S/C14H14N2O6/c1-21-12(19)14(7-10(17)15-11(14)18)16-13(20)22-8-9-5-3-2-4-6-9/h2-6H,7-8H2,1H3,(H,16,20)(H,15,17,18). The third-order valence-electron chi connectivity index (χ3n) is 3.13. The molecule has 8 nitrogen and oxygen atoms in total. The van der Waals surface area contributed by atoms with Crippen molar-refractivity contribution in [2.75, 3.05) is 7.11 Å². The predicted molar refractivity (Wildman–Crippen MR) is 72.3 cm³/mol. The van der Waals surface area contributed by atoms with Crippen LogP contribution in [0.25, 0.3) is 0 Å². The van der Waals surface area contributed by atoms with Crippen molar-refractivity contribution in [2.45, 2.75) is 18.6 Å². The maximum absolute atomic E-state index is 11.8. The molecule has 1 aromatic rings. The average Bonchev–Trinajstić information content (AvgIpc) is 2.80. The SMILES string of the molecule is COC(=O)C1(NC(=O)OCc2ccccc2)CC(=O)NC1=O. The Morgan fingerprint density at radius 1 is 1.27 bits per heavy atom. The van der Waals surface area contributed by atoms with Crippen LogP contribution in [-0.4, -0.2) is 36.5 Å². The molecule has 1 unspecified atom stereocenters. The Balaban J connectivity index is 2.05. The summed E-state index contributed by atoms with van der Waals surface area (Å²) < 4.78 is 9.44. The molecule has 1 saturated heterocycles. The number of ether oxygens (including phenoxy) is 2. The number of carbonyl (C=O) groups excluding carboxylic acids is 4. The Morgan fingerprint density at radius 2 is 1.95 bits per heavy atom. The van der Waals surface area contributed by atoms with Gasteiger partial charge in [0, 0.05) is 0 Å². The van der Waals surface area contributed by atoms with Crippen molar-refractivity contribution in [2.24, 2.45) is 0 Å². The molecule has 8 heteroatoms. The molecule has 0 radical (unpaired) electrons. The molecule has 1 aliphatic heterocycles. The van der Waals surface area contributed by atoms with Gasteiger partial charge in [-0.25, -0.2) is 9.59 Å². The lowest BCUT2D eigenvalue weighted by molar-refractivity contribution is -0.152. The molecule has 0 aromatic heterocycles. The highest BCUT2D eigenvalue weighted by molar-refractivity contribution is 6.21. The number of nitrogens with one attached hydrogen (secondary N) is 2. The first-order valence-electron chi connectivity index (χ1n) is 6.39.